The van der Waals surface area contributed by atoms with Gasteiger partial charge in [0.15, 0.2) is 5.96 Å². The topological polar surface area (TPSA) is 108 Å². The minimum Gasteiger partial charge on any atom is -0.371 e. The zero-order chi connectivity index (χ0) is 23.6. The van der Waals surface area contributed by atoms with E-state index < -0.39 is 18.5 Å². The number of aliphatic imine (C=N–C) groups is 1. The number of nitriles is 1. The number of hydrogen-bond acceptors (Lipinski definition) is 7. The van der Waals surface area contributed by atoms with Crippen LogP contribution in [0.15, 0.2) is 35.5 Å². The first-order chi connectivity index (χ1) is 16.3. The van der Waals surface area contributed by atoms with Gasteiger partial charge < -0.3 is 20.3 Å². The predicted molar refractivity (Wildman–Crippen MR) is 117 cm³/mol. The number of pyridine rings is 1. The van der Waals surface area contributed by atoms with Gasteiger partial charge in [0.25, 0.3) is 11.8 Å². The number of likely N-dealkylation sites (tertiary alicyclic amines) is 1. The van der Waals surface area contributed by atoms with Crippen LogP contribution in [0.3, 0.4) is 0 Å². The average molecular weight is 464 g/mol. The third-order valence-electron chi connectivity index (χ3n) is 7.17. The SMILES string of the molecule is N#Cc1ccc2c(c1)CO[C@H]1CCCN(C(=O)c3cc4c(cn3)N=C(N)N3CC(F)(F)C[C@H]43)[C@@H]21. The average Bonchev–Trinajstić information content (AvgIpc) is 3.18. The molecule has 8 nitrogen and oxygen atoms in total. The van der Waals surface area contributed by atoms with Gasteiger partial charge in [-0.3, -0.25) is 4.79 Å². The molecule has 0 bridgehead atoms. The van der Waals surface area contributed by atoms with E-state index in [0.717, 1.165) is 24.0 Å². The van der Waals surface area contributed by atoms with Gasteiger partial charge in [-0.2, -0.15) is 5.26 Å². The number of fused-ring (bicyclic) bond motifs is 6. The number of nitrogens with zero attached hydrogens (tertiary/aromatic N) is 5. The van der Waals surface area contributed by atoms with Gasteiger partial charge in [-0.25, -0.2) is 18.8 Å². The molecule has 1 amide bonds. The van der Waals surface area contributed by atoms with Gasteiger partial charge in [0, 0.05) is 18.5 Å². The van der Waals surface area contributed by atoms with Crippen molar-refractivity contribution in [3.8, 4) is 6.07 Å². The normalized spacial score (nSPS) is 26.5. The van der Waals surface area contributed by atoms with Gasteiger partial charge in [-0.05, 0) is 42.2 Å². The lowest BCUT2D eigenvalue weighted by Gasteiger charge is -2.44. The summed E-state index contributed by atoms with van der Waals surface area (Å²) in [5.41, 5.74) is 9.47. The minimum absolute atomic E-state index is 0.0436. The third-order valence-corrected chi connectivity index (χ3v) is 7.17. The maximum Gasteiger partial charge on any atom is 0.273 e. The molecule has 174 valence electrons. The first-order valence-electron chi connectivity index (χ1n) is 11.3. The molecule has 4 aliphatic rings. The van der Waals surface area contributed by atoms with Crippen LogP contribution in [0.25, 0.3) is 0 Å². The van der Waals surface area contributed by atoms with E-state index in [0.29, 0.717) is 30.0 Å². The van der Waals surface area contributed by atoms with E-state index in [1.165, 1.54) is 11.1 Å². The van der Waals surface area contributed by atoms with Crippen molar-refractivity contribution in [1.82, 2.24) is 14.8 Å². The fraction of sp³-hybridized carbons (Fsp3) is 0.417. The van der Waals surface area contributed by atoms with Crippen molar-refractivity contribution in [2.75, 3.05) is 13.1 Å². The highest BCUT2D eigenvalue weighted by atomic mass is 19.3. The molecule has 2 saturated heterocycles. The molecule has 0 saturated carbocycles. The highest BCUT2D eigenvalue weighted by Gasteiger charge is 2.49. The van der Waals surface area contributed by atoms with Gasteiger partial charge >= 0.3 is 0 Å². The number of ether oxygens (including phenoxy) is 1. The number of halogens is 2. The lowest BCUT2D eigenvalue weighted by Crippen LogP contribution is -2.48. The van der Waals surface area contributed by atoms with E-state index >= 15 is 0 Å². The monoisotopic (exact) mass is 464 g/mol. The van der Waals surface area contributed by atoms with E-state index in [2.05, 4.69) is 16.0 Å². The Morgan fingerprint density at radius 1 is 1.29 bits per heavy atom. The molecule has 5 heterocycles. The fourth-order valence-electron chi connectivity index (χ4n) is 5.63. The van der Waals surface area contributed by atoms with Crippen LogP contribution in [0.5, 0.6) is 0 Å². The Morgan fingerprint density at radius 3 is 2.97 bits per heavy atom. The number of aromatic nitrogens is 1. The Hall–Kier alpha value is -3.58. The summed E-state index contributed by atoms with van der Waals surface area (Å²) in [6.45, 7) is 0.434. The molecule has 0 spiro atoms. The van der Waals surface area contributed by atoms with E-state index in [-0.39, 0.29) is 36.1 Å². The lowest BCUT2D eigenvalue weighted by molar-refractivity contribution is -0.0571. The molecule has 10 heteroatoms. The number of benzene rings is 1. The first-order valence-corrected chi connectivity index (χ1v) is 11.3. The summed E-state index contributed by atoms with van der Waals surface area (Å²) < 4.78 is 34.4. The number of carbonyl (C=O) groups excluding carboxylic acids is 1. The molecule has 2 aromatic rings. The van der Waals surface area contributed by atoms with Crippen molar-refractivity contribution in [3.05, 3.63) is 58.4 Å². The molecule has 2 fully saturated rings. The number of rotatable bonds is 1. The standard InChI is InChI=1S/C24H22F2N6O2/c25-24(26)8-19-16-7-17(29-10-18(16)30-23(28)32(19)12-24)22(33)31-5-1-2-20-21(31)15-4-3-13(9-27)6-14(15)11-34-20/h3-4,6-7,10,19-21H,1-2,5,8,11-12H2,(H2,28,30)/t19-,20+,21+/m1/s1. The van der Waals surface area contributed by atoms with Gasteiger partial charge in [-0.15, -0.1) is 0 Å². The number of alkyl halides is 2. The second-order valence-corrected chi connectivity index (χ2v) is 9.26. The van der Waals surface area contributed by atoms with E-state index in [1.807, 2.05) is 6.07 Å². The molecule has 1 aromatic carbocycles. The van der Waals surface area contributed by atoms with Crippen LogP contribution in [0, 0.1) is 11.3 Å². The number of carbonyl (C=O) groups is 1. The van der Waals surface area contributed by atoms with E-state index in [4.69, 9.17) is 10.5 Å². The highest BCUT2D eigenvalue weighted by Crippen LogP contribution is 2.46. The van der Waals surface area contributed by atoms with Crippen LogP contribution in [-0.4, -0.2) is 51.8 Å². The van der Waals surface area contributed by atoms with E-state index in [1.54, 1.807) is 23.1 Å². The Bertz CT molecular complexity index is 1270. The second kappa shape index (κ2) is 7.46. The molecular formula is C24H22F2N6O2. The summed E-state index contributed by atoms with van der Waals surface area (Å²) in [5.74, 6) is -3.12. The molecule has 3 atom stereocenters. The Kier molecular flexibility index (Phi) is 4.61. The Balaban J connectivity index is 1.36. The summed E-state index contributed by atoms with van der Waals surface area (Å²) in [6, 6.07) is 8.24. The smallest absolute Gasteiger partial charge is 0.273 e. The van der Waals surface area contributed by atoms with Gasteiger partial charge in [0.05, 0.1) is 54.9 Å². The predicted octanol–water partition coefficient (Wildman–Crippen LogP) is 3.17. The maximum absolute atomic E-state index is 14.2. The quantitative estimate of drug-likeness (QED) is 0.695. The van der Waals surface area contributed by atoms with Gasteiger partial charge in [0.2, 0.25) is 0 Å². The van der Waals surface area contributed by atoms with E-state index in [9.17, 15) is 18.8 Å². The highest BCUT2D eigenvalue weighted by molar-refractivity contribution is 5.94. The number of nitrogens with two attached hydrogens (primary N) is 1. The molecular weight excluding hydrogens is 442 g/mol. The molecule has 1 aromatic heterocycles. The molecule has 6 rings (SSSR count). The molecule has 34 heavy (non-hydrogen) atoms. The summed E-state index contributed by atoms with van der Waals surface area (Å²) in [4.78, 5) is 25.4. The Morgan fingerprint density at radius 2 is 2.15 bits per heavy atom. The number of amides is 1. The largest absolute Gasteiger partial charge is 0.371 e. The van der Waals surface area contributed by atoms with Crippen molar-refractivity contribution >= 4 is 17.6 Å². The Labute approximate surface area is 194 Å². The summed E-state index contributed by atoms with van der Waals surface area (Å²) >= 11 is 0. The maximum atomic E-state index is 14.2. The molecule has 0 unspecified atom stereocenters. The van der Waals surface area contributed by atoms with Crippen LogP contribution in [-0.2, 0) is 11.3 Å². The van der Waals surface area contributed by atoms with Crippen molar-refractivity contribution in [2.45, 2.75) is 50.0 Å². The molecule has 0 aliphatic carbocycles. The van der Waals surface area contributed by atoms with Crippen LogP contribution >= 0.6 is 0 Å². The second-order valence-electron chi connectivity index (χ2n) is 9.26. The zero-order valence-corrected chi connectivity index (χ0v) is 18.2. The lowest BCUT2D eigenvalue weighted by atomic mass is 9.86. The molecule has 4 aliphatic heterocycles. The van der Waals surface area contributed by atoms with Crippen LogP contribution in [0.2, 0.25) is 0 Å². The van der Waals surface area contributed by atoms with Crippen molar-refractivity contribution in [2.24, 2.45) is 10.7 Å². The molecule has 0 radical (unpaired) electrons. The summed E-state index contributed by atoms with van der Waals surface area (Å²) in [7, 11) is 0. The van der Waals surface area contributed by atoms with Crippen LogP contribution in [0.4, 0.5) is 14.5 Å². The number of piperidine rings is 1. The number of guanidine groups is 1. The zero-order valence-electron chi connectivity index (χ0n) is 18.2. The summed E-state index contributed by atoms with van der Waals surface area (Å²) in [6.07, 6.45) is 2.52. The van der Waals surface area contributed by atoms with Crippen LogP contribution < -0.4 is 5.73 Å². The number of hydrogen-bond donors (Lipinski definition) is 1. The van der Waals surface area contributed by atoms with Crippen molar-refractivity contribution < 1.29 is 18.3 Å². The molecule has 2 N–H and O–H groups in total. The van der Waals surface area contributed by atoms with Crippen molar-refractivity contribution in [1.29, 1.82) is 5.26 Å². The minimum atomic E-state index is -2.88. The van der Waals surface area contributed by atoms with Crippen LogP contribution in [0.1, 0.15) is 64.1 Å². The third kappa shape index (κ3) is 3.22. The van der Waals surface area contributed by atoms with Crippen molar-refractivity contribution in [3.63, 3.8) is 0 Å². The summed E-state index contributed by atoms with van der Waals surface area (Å²) in [5, 5.41) is 9.24. The fourth-order valence-corrected chi connectivity index (χ4v) is 5.63. The van der Waals surface area contributed by atoms with Gasteiger partial charge in [0.1, 0.15) is 5.69 Å². The van der Waals surface area contributed by atoms with Gasteiger partial charge in [-0.1, -0.05) is 6.07 Å². The first kappa shape index (κ1) is 21.0.